The van der Waals surface area contributed by atoms with Gasteiger partial charge in [0.05, 0.1) is 5.69 Å². The van der Waals surface area contributed by atoms with Crippen molar-refractivity contribution in [1.82, 2.24) is 0 Å². The Morgan fingerprint density at radius 2 is 1.71 bits per heavy atom. The Labute approximate surface area is 111 Å². The number of amides is 1. The van der Waals surface area contributed by atoms with E-state index in [9.17, 15) is 22.4 Å². The van der Waals surface area contributed by atoms with Gasteiger partial charge in [0, 0.05) is 8.95 Å². The zero-order chi connectivity index (χ0) is 13.2. The van der Waals surface area contributed by atoms with E-state index in [0.717, 1.165) is 0 Å². The van der Waals surface area contributed by atoms with E-state index in [4.69, 9.17) is 0 Å². The SMILES string of the molecule is O=C(Nc1c(Br)cccc1Br)C(F)(F)C(F)F. The fraction of sp³-hybridized carbons (Fsp3) is 0.222. The van der Waals surface area contributed by atoms with Crippen molar-refractivity contribution in [2.75, 3.05) is 5.32 Å². The molecule has 8 heteroatoms. The molecule has 0 fully saturated rings. The number of benzene rings is 1. The number of halogens is 6. The first kappa shape index (κ1) is 14.4. The number of nitrogens with one attached hydrogen (secondary N) is 1. The third-order valence-electron chi connectivity index (χ3n) is 1.78. The second-order valence-corrected chi connectivity index (χ2v) is 4.68. The van der Waals surface area contributed by atoms with Crippen molar-refractivity contribution in [1.29, 1.82) is 0 Å². The van der Waals surface area contributed by atoms with E-state index in [-0.39, 0.29) is 5.69 Å². The van der Waals surface area contributed by atoms with Crippen molar-refractivity contribution in [3.63, 3.8) is 0 Å². The van der Waals surface area contributed by atoms with Crippen molar-refractivity contribution in [2.24, 2.45) is 0 Å². The largest absolute Gasteiger partial charge is 0.383 e. The van der Waals surface area contributed by atoms with Crippen LogP contribution in [0.15, 0.2) is 27.1 Å². The number of hydrogen-bond donors (Lipinski definition) is 1. The highest BCUT2D eigenvalue weighted by atomic mass is 79.9. The van der Waals surface area contributed by atoms with Gasteiger partial charge in [0.1, 0.15) is 0 Å². The fourth-order valence-electron chi connectivity index (χ4n) is 0.913. The predicted molar refractivity (Wildman–Crippen MR) is 61.4 cm³/mol. The summed E-state index contributed by atoms with van der Waals surface area (Å²) in [5.74, 6) is -6.78. The van der Waals surface area contributed by atoms with Crippen LogP contribution in [-0.2, 0) is 4.79 Å². The quantitative estimate of drug-likeness (QED) is 0.790. The molecule has 0 saturated carbocycles. The predicted octanol–water partition coefficient (Wildman–Crippen LogP) is 4.05. The molecule has 0 aromatic heterocycles. The lowest BCUT2D eigenvalue weighted by atomic mass is 10.3. The van der Waals surface area contributed by atoms with E-state index in [0.29, 0.717) is 8.95 Å². The van der Waals surface area contributed by atoms with Gasteiger partial charge in [-0.2, -0.15) is 8.78 Å². The Bertz CT molecular complexity index is 419. The molecule has 0 radical (unpaired) electrons. The lowest BCUT2D eigenvalue weighted by molar-refractivity contribution is -0.163. The first-order valence-corrected chi connectivity index (χ1v) is 5.77. The van der Waals surface area contributed by atoms with Crippen LogP contribution in [0.5, 0.6) is 0 Å². The summed E-state index contributed by atoms with van der Waals surface area (Å²) in [5, 5.41) is 1.74. The monoisotopic (exact) mass is 377 g/mol. The van der Waals surface area contributed by atoms with E-state index in [2.05, 4.69) is 31.9 Å². The maximum atomic E-state index is 12.7. The van der Waals surface area contributed by atoms with Crippen LogP contribution < -0.4 is 5.32 Å². The molecule has 0 atom stereocenters. The molecule has 0 aliphatic heterocycles. The van der Waals surface area contributed by atoms with Gasteiger partial charge < -0.3 is 5.32 Å². The molecule has 1 rings (SSSR count). The Balaban J connectivity index is 2.96. The summed E-state index contributed by atoms with van der Waals surface area (Å²) < 4.78 is 49.9. The molecule has 2 nitrogen and oxygen atoms in total. The van der Waals surface area contributed by atoms with Crippen molar-refractivity contribution in [3.05, 3.63) is 27.1 Å². The highest BCUT2D eigenvalue weighted by molar-refractivity contribution is 9.11. The second-order valence-electron chi connectivity index (χ2n) is 2.97. The number of alkyl halides is 4. The molecule has 17 heavy (non-hydrogen) atoms. The maximum absolute atomic E-state index is 12.7. The zero-order valence-electron chi connectivity index (χ0n) is 7.99. The van der Waals surface area contributed by atoms with Crippen molar-refractivity contribution in [3.8, 4) is 0 Å². The molecule has 0 spiro atoms. The van der Waals surface area contributed by atoms with E-state index in [1.807, 2.05) is 0 Å². The molecule has 94 valence electrons. The van der Waals surface area contributed by atoms with E-state index < -0.39 is 18.3 Å². The molecule has 0 aliphatic rings. The molecule has 1 aromatic rings. The Hall–Kier alpha value is -0.630. The summed E-state index contributed by atoms with van der Waals surface area (Å²) in [5.41, 5.74) is -0.0298. The minimum absolute atomic E-state index is 0.0298. The molecular weight excluding hydrogens is 374 g/mol. The number of carbonyl (C=O) groups excluding carboxylic acids is 1. The van der Waals surface area contributed by atoms with Crippen LogP contribution in [0, 0.1) is 0 Å². The van der Waals surface area contributed by atoms with E-state index >= 15 is 0 Å². The van der Waals surface area contributed by atoms with Crippen LogP contribution in [-0.4, -0.2) is 18.3 Å². The summed E-state index contributed by atoms with van der Waals surface area (Å²) in [6.07, 6.45) is -4.05. The van der Waals surface area contributed by atoms with Gasteiger partial charge in [-0.05, 0) is 44.0 Å². The average molecular weight is 379 g/mol. The number of para-hydroxylation sites is 1. The van der Waals surface area contributed by atoms with Gasteiger partial charge in [-0.25, -0.2) is 8.78 Å². The minimum Gasteiger partial charge on any atom is -0.319 e. The summed E-state index contributed by atoms with van der Waals surface area (Å²) in [4.78, 5) is 11.0. The number of hydrogen-bond acceptors (Lipinski definition) is 1. The molecule has 0 bridgehead atoms. The van der Waals surface area contributed by atoms with Gasteiger partial charge in [-0.1, -0.05) is 6.07 Å². The highest BCUT2D eigenvalue weighted by Gasteiger charge is 2.49. The summed E-state index contributed by atoms with van der Waals surface area (Å²) in [6, 6.07) is 4.52. The van der Waals surface area contributed by atoms with Crippen LogP contribution in [0.1, 0.15) is 0 Å². The first-order valence-electron chi connectivity index (χ1n) is 4.18. The molecule has 1 amide bonds. The molecule has 1 aromatic carbocycles. The summed E-state index contributed by atoms with van der Waals surface area (Å²) in [6.45, 7) is 0. The Morgan fingerprint density at radius 3 is 2.12 bits per heavy atom. The topological polar surface area (TPSA) is 29.1 Å². The van der Waals surface area contributed by atoms with Crippen LogP contribution >= 0.6 is 31.9 Å². The summed E-state index contributed by atoms with van der Waals surface area (Å²) in [7, 11) is 0. The molecular formula is C9H5Br2F4NO. The van der Waals surface area contributed by atoms with Gasteiger partial charge in [0.15, 0.2) is 0 Å². The highest BCUT2D eigenvalue weighted by Crippen LogP contribution is 2.32. The molecule has 0 saturated heterocycles. The molecule has 0 aliphatic carbocycles. The van der Waals surface area contributed by atoms with Crippen LogP contribution in [0.2, 0.25) is 0 Å². The normalized spacial score (nSPS) is 11.7. The first-order chi connectivity index (χ1) is 7.76. The van der Waals surface area contributed by atoms with Crippen molar-refractivity contribution < 1.29 is 22.4 Å². The lowest BCUT2D eigenvalue weighted by Gasteiger charge is -2.16. The van der Waals surface area contributed by atoms with E-state index in [1.54, 1.807) is 11.4 Å². The standard InChI is InChI=1S/C9H5Br2F4NO/c10-4-2-1-3-5(11)6(4)16-8(17)9(14,15)7(12)13/h1-3,7H,(H,16,17). The minimum atomic E-state index is -4.73. The van der Waals surface area contributed by atoms with Crippen molar-refractivity contribution >= 4 is 43.5 Å². The number of rotatable bonds is 3. The van der Waals surface area contributed by atoms with Gasteiger partial charge in [-0.3, -0.25) is 4.79 Å². The smallest absolute Gasteiger partial charge is 0.319 e. The number of anilines is 1. The van der Waals surface area contributed by atoms with Crippen LogP contribution in [0.3, 0.4) is 0 Å². The van der Waals surface area contributed by atoms with Gasteiger partial charge in [0.2, 0.25) is 0 Å². The lowest BCUT2D eigenvalue weighted by Crippen LogP contribution is -2.41. The third kappa shape index (κ3) is 3.19. The average Bonchev–Trinajstić information content (AvgIpc) is 2.23. The van der Waals surface area contributed by atoms with Crippen LogP contribution in [0.4, 0.5) is 23.2 Å². The number of carbonyl (C=O) groups is 1. The molecule has 0 unspecified atom stereocenters. The van der Waals surface area contributed by atoms with Gasteiger partial charge in [0.25, 0.3) is 0 Å². The molecule has 0 heterocycles. The second kappa shape index (κ2) is 5.34. The van der Waals surface area contributed by atoms with E-state index in [1.165, 1.54) is 12.1 Å². The maximum Gasteiger partial charge on any atom is 0.383 e. The fourth-order valence-corrected chi connectivity index (χ4v) is 2.11. The van der Waals surface area contributed by atoms with Gasteiger partial charge in [-0.15, -0.1) is 0 Å². The van der Waals surface area contributed by atoms with Crippen molar-refractivity contribution in [2.45, 2.75) is 12.3 Å². The Morgan fingerprint density at radius 1 is 1.24 bits per heavy atom. The summed E-state index contributed by atoms with van der Waals surface area (Å²) >= 11 is 6.00. The zero-order valence-corrected chi connectivity index (χ0v) is 11.2. The Kier molecular flexibility index (Phi) is 4.54. The van der Waals surface area contributed by atoms with Crippen LogP contribution in [0.25, 0.3) is 0 Å². The van der Waals surface area contributed by atoms with Gasteiger partial charge >= 0.3 is 18.3 Å². The molecule has 1 N–H and O–H groups in total. The third-order valence-corrected chi connectivity index (χ3v) is 3.10.